The third-order valence-corrected chi connectivity index (χ3v) is 5.45. The van der Waals surface area contributed by atoms with Gasteiger partial charge in [-0.2, -0.15) is 0 Å². The molecule has 1 nitrogen and oxygen atoms in total. The molecule has 1 aromatic carbocycles. The Hall–Kier alpha value is -0.980. The van der Waals surface area contributed by atoms with Crippen LogP contribution in [0, 0.1) is 11.8 Å². The number of rotatable bonds is 2. The predicted octanol–water partition coefficient (Wildman–Crippen LogP) is 5.25. The highest BCUT2D eigenvalue weighted by Crippen LogP contribution is 2.42. The second-order valence-corrected chi connectivity index (χ2v) is 6.60. The van der Waals surface area contributed by atoms with E-state index in [1.54, 1.807) is 0 Å². The molecule has 0 saturated heterocycles. The monoisotopic (exact) mass is 258 g/mol. The lowest BCUT2D eigenvalue weighted by Gasteiger charge is -2.36. The Labute approximate surface area is 117 Å². The van der Waals surface area contributed by atoms with Crippen LogP contribution in [0.15, 0.2) is 24.3 Å². The first kappa shape index (κ1) is 13.0. The van der Waals surface area contributed by atoms with Crippen molar-refractivity contribution < 1.29 is 5.11 Å². The minimum atomic E-state index is 0.389. The van der Waals surface area contributed by atoms with Crippen LogP contribution in [0.25, 0.3) is 0 Å². The standard InChI is InChI=1S/C18H26O/c19-18-12-10-17(11-13-18)16-8-6-15(7-9-16)14-4-2-1-3-5-14/h10-16,19H,1-9H2. The van der Waals surface area contributed by atoms with Gasteiger partial charge in [0.05, 0.1) is 0 Å². The Balaban J connectivity index is 1.55. The SMILES string of the molecule is Oc1ccc(C2CCC(C3CCCCC3)CC2)cc1. The number of aromatic hydroxyl groups is 1. The number of phenols is 1. The Morgan fingerprint density at radius 1 is 0.684 bits per heavy atom. The van der Waals surface area contributed by atoms with E-state index in [0.717, 1.165) is 17.8 Å². The molecule has 0 amide bonds. The average molecular weight is 258 g/mol. The van der Waals surface area contributed by atoms with Gasteiger partial charge in [-0.1, -0.05) is 44.2 Å². The summed E-state index contributed by atoms with van der Waals surface area (Å²) >= 11 is 0. The number of benzene rings is 1. The summed E-state index contributed by atoms with van der Waals surface area (Å²) in [6.45, 7) is 0. The third-order valence-electron chi connectivity index (χ3n) is 5.45. The molecular weight excluding hydrogens is 232 g/mol. The van der Waals surface area contributed by atoms with E-state index in [9.17, 15) is 5.11 Å². The van der Waals surface area contributed by atoms with Crippen LogP contribution in [0.2, 0.25) is 0 Å². The largest absolute Gasteiger partial charge is 0.508 e. The highest BCUT2D eigenvalue weighted by atomic mass is 16.3. The van der Waals surface area contributed by atoms with Gasteiger partial charge < -0.3 is 5.11 Å². The number of hydrogen-bond acceptors (Lipinski definition) is 1. The summed E-state index contributed by atoms with van der Waals surface area (Å²) in [4.78, 5) is 0. The van der Waals surface area contributed by atoms with E-state index in [1.165, 1.54) is 63.4 Å². The van der Waals surface area contributed by atoms with Gasteiger partial charge >= 0.3 is 0 Å². The van der Waals surface area contributed by atoms with Crippen LogP contribution in [-0.2, 0) is 0 Å². The summed E-state index contributed by atoms with van der Waals surface area (Å²) in [5.41, 5.74) is 1.43. The van der Waals surface area contributed by atoms with E-state index < -0.39 is 0 Å². The summed E-state index contributed by atoms with van der Waals surface area (Å²) in [5.74, 6) is 3.17. The van der Waals surface area contributed by atoms with Crippen molar-refractivity contribution in [3.8, 4) is 5.75 Å². The summed E-state index contributed by atoms with van der Waals surface area (Å²) in [6, 6.07) is 7.90. The third kappa shape index (κ3) is 3.13. The van der Waals surface area contributed by atoms with E-state index in [4.69, 9.17) is 0 Å². The lowest BCUT2D eigenvalue weighted by Crippen LogP contribution is -2.22. The molecular formula is C18H26O. The van der Waals surface area contributed by atoms with Crippen molar-refractivity contribution in [2.45, 2.75) is 63.7 Å². The van der Waals surface area contributed by atoms with Crippen LogP contribution in [0.4, 0.5) is 0 Å². The van der Waals surface area contributed by atoms with E-state index in [2.05, 4.69) is 12.1 Å². The van der Waals surface area contributed by atoms with Gasteiger partial charge in [-0.3, -0.25) is 0 Å². The van der Waals surface area contributed by atoms with Crippen LogP contribution >= 0.6 is 0 Å². The van der Waals surface area contributed by atoms with Gasteiger partial charge in [0.1, 0.15) is 5.75 Å². The fourth-order valence-corrected chi connectivity index (χ4v) is 4.28. The molecule has 19 heavy (non-hydrogen) atoms. The van der Waals surface area contributed by atoms with Gasteiger partial charge in [-0.05, 0) is 61.1 Å². The van der Waals surface area contributed by atoms with Gasteiger partial charge in [0.15, 0.2) is 0 Å². The van der Waals surface area contributed by atoms with E-state index in [-0.39, 0.29) is 0 Å². The van der Waals surface area contributed by atoms with Crippen molar-refractivity contribution in [2.75, 3.05) is 0 Å². The minimum absolute atomic E-state index is 0.389. The maximum absolute atomic E-state index is 9.37. The van der Waals surface area contributed by atoms with Gasteiger partial charge in [0.2, 0.25) is 0 Å². The molecule has 0 spiro atoms. The summed E-state index contributed by atoms with van der Waals surface area (Å²) in [6.07, 6.45) is 13.0. The Morgan fingerprint density at radius 3 is 1.89 bits per heavy atom. The second-order valence-electron chi connectivity index (χ2n) is 6.60. The minimum Gasteiger partial charge on any atom is -0.508 e. The normalized spacial score (nSPS) is 29.3. The molecule has 1 N–H and O–H groups in total. The maximum Gasteiger partial charge on any atom is 0.115 e. The fourth-order valence-electron chi connectivity index (χ4n) is 4.28. The quantitative estimate of drug-likeness (QED) is 0.768. The highest BCUT2D eigenvalue weighted by Gasteiger charge is 2.28. The summed E-state index contributed by atoms with van der Waals surface area (Å²) < 4.78 is 0. The number of hydrogen-bond donors (Lipinski definition) is 1. The zero-order valence-corrected chi connectivity index (χ0v) is 11.9. The lowest BCUT2D eigenvalue weighted by atomic mass is 9.70. The first-order chi connectivity index (χ1) is 9.33. The zero-order valence-electron chi connectivity index (χ0n) is 11.9. The van der Waals surface area contributed by atoms with Gasteiger partial charge in [-0.25, -0.2) is 0 Å². The Bertz CT molecular complexity index is 381. The maximum atomic E-state index is 9.37. The van der Waals surface area contributed by atoms with Crippen LogP contribution in [0.3, 0.4) is 0 Å². The van der Waals surface area contributed by atoms with Gasteiger partial charge in [0.25, 0.3) is 0 Å². The molecule has 0 aromatic heterocycles. The van der Waals surface area contributed by atoms with Crippen molar-refractivity contribution in [1.82, 2.24) is 0 Å². The van der Waals surface area contributed by atoms with Crippen molar-refractivity contribution >= 4 is 0 Å². The van der Waals surface area contributed by atoms with Crippen LogP contribution in [0.1, 0.15) is 69.3 Å². The lowest BCUT2D eigenvalue weighted by molar-refractivity contribution is 0.186. The summed E-state index contributed by atoms with van der Waals surface area (Å²) in [5, 5.41) is 9.37. The molecule has 2 aliphatic rings. The molecule has 0 heterocycles. The molecule has 104 valence electrons. The van der Waals surface area contributed by atoms with E-state index >= 15 is 0 Å². The molecule has 0 atom stereocenters. The first-order valence-electron chi connectivity index (χ1n) is 8.12. The predicted molar refractivity (Wildman–Crippen MR) is 79.4 cm³/mol. The first-order valence-corrected chi connectivity index (χ1v) is 8.12. The molecule has 0 radical (unpaired) electrons. The molecule has 3 rings (SSSR count). The Kier molecular flexibility index (Phi) is 4.10. The highest BCUT2D eigenvalue weighted by molar-refractivity contribution is 5.28. The van der Waals surface area contributed by atoms with Crippen LogP contribution < -0.4 is 0 Å². The van der Waals surface area contributed by atoms with E-state index in [1.807, 2.05) is 12.1 Å². The van der Waals surface area contributed by atoms with Crippen molar-refractivity contribution in [2.24, 2.45) is 11.8 Å². The van der Waals surface area contributed by atoms with Crippen LogP contribution in [0.5, 0.6) is 5.75 Å². The topological polar surface area (TPSA) is 20.2 Å². The molecule has 2 aliphatic carbocycles. The van der Waals surface area contributed by atoms with Gasteiger partial charge in [0, 0.05) is 0 Å². The van der Waals surface area contributed by atoms with Crippen molar-refractivity contribution in [3.63, 3.8) is 0 Å². The van der Waals surface area contributed by atoms with Gasteiger partial charge in [-0.15, -0.1) is 0 Å². The van der Waals surface area contributed by atoms with Crippen LogP contribution in [-0.4, -0.2) is 5.11 Å². The molecule has 2 saturated carbocycles. The number of phenolic OH excluding ortho intramolecular Hbond substituents is 1. The smallest absolute Gasteiger partial charge is 0.115 e. The molecule has 1 heteroatoms. The Morgan fingerprint density at radius 2 is 1.26 bits per heavy atom. The zero-order chi connectivity index (χ0) is 13.1. The summed E-state index contributed by atoms with van der Waals surface area (Å²) in [7, 11) is 0. The fraction of sp³-hybridized carbons (Fsp3) is 0.667. The van der Waals surface area contributed by atoms with Crippen molar-refractivity contribution in [3.05, 3.63) is 29.8 Å². The molecule has 0 unspecified atom stereocenters. The van der Waals surface area contributed by atoms with Crippen molar-refractivity contribution in [1.29, 1.82) is 0 Å². The second kappa shape index (κ2) is 5.98. The molecule has 0 bridgehead atoms. The molecule has 1 aromatic rings. The average Bonchev–Trinajstić information content (AvgIpc) is 2.49. The molecule has 0 aliphatic heterocycles. The molecule has 2 fully saturated rings. The van der Waals surface area contributed by atoms with E-state index in [0.29, 0.717) is 5.75 Å².